The van der Waals surface area contributed by atoms with Crippen LogP contribution in [0.4, 0.5) is 5.69 Å². The Hall–Kier alpha value is -1.97. The van der Waals surface area contributed by atoms with Gasteiger partial charge >= 0.3 is 0 Å². The van der Waals surface area contributed by atoms with Gasteiger partial charge in [0.05, 0.1) is 18.1 Å². The fourth-order valence-corrected chi connectivity index (χ4v) is 4.92. The van der Waals surface area contributed by atoms with Gasteiger partial charge in [-0.25, -0.2) is 13.1 Å². The number of fused-ring (bicyclic) bond motifs is 1. The van der Waals surface area contributed by atoms with Crippen LogP contribution in [0.15, 0.2) is 23.1 Å². The summed E-state index contributed by atoms with van der Waals surface area (Å²) in [6.07, 6.45) is 1.63. The third kappa shape index (κ3) is 5.15. The van der Waals surface area contributed by atoms with E-state index in [1.165, 1.54) is 6.07 Å². The van der Waals surface area contributed by atoms with Crippen molar-refractivity contribution >= 4 is 27.5 Å². The second-order valence-electron chi connectivity index (χ2n) is 7.51. The van der Waals surface area contributed by atoms with Gasteiger partial charge in [0.25, 0.3) is 0 Å². The lowest BCUT2D eigenvalue weighted by atomic mass is 10.2. The van der Waals surface area contributed by atoms with Crippen molar-refractivity contribution in [3.63, 3.8) is 0 Å². The SMILES string of the molecule is CC[C@@H](C)NS(=O)(=O)c1ccc2c(c1)CCN2C(=O)CCC(=O)N1CCOCC1. The summed E-state index contributed by atoms with van der Waals surface area (Å²) in [6, 6.07) is 4.73. The summed E-state index contributed by atoms with van der Waals surface area (Å²) in [4.78, 5) is 28.5. The number of carbonyl (C=O) groups excluding carboxylic acids is 2. The molecule has 0 spiro atoms. The van der Waals surface area contributed by atoms with Crippen LogP contribution in [0.1, 0.15) is 38.7 Å². The van der Waals surface area contributed by atoms with Crippen molar-refractivity contribution in [3.8, 4) is 0 Å². The molecule has 1 atom stereocenters. The molecule has 0 unspecified atom stereocenters. The Morgan fingerprint density at radius 2 is 1.83 bits per heavy atom. The number of ether oxygens (including phenoxy) is 1. The van der Waals surface area contributed by atoms with E-state index in [-0.39, 0.29) is 35.6 Å². The second-order valence-corrected chi connectivity index (χ2v) is 9.22. The van der Waals surface area contributed by atoms with Crippen LogP contribution in [-0.4, -0.2) is 64.0 Å². The number of hydrogen-bond donors (Lipinski definition) is 1. The molecule has 0 radical (unpaired) electrons. The van der Waals surface area contributed by atoms with Crippen LogP contribution in [-0.2, 0) is 30.8 Å². The Bertz CT molecular complexity index is 865. The second kappa shape index (κ2) is 9.23. The normalized spacial score (nSPS) is 17.9. The van der Waals surface area contributed by atoms with Gasteiger partial charge in [-0.05, 0) is 43.5 Å². The predicted octanol–water partition coefficient (Wildman–Crippen LogP) is 1.29. The summed E-state index contributed by atoms with van der Waals surface area (Å²) in [7, 11) is -3.58. The average Bonchev–Trinajstić information content (AvgIpc) is 3.15. The van der Waals surface area contributed by atoms with Gasteiger partial charge in [-0.3, -0.25) is 9.59 Å². The minimum Gasteiger partial charge on any atom is -0.378 e. The zero-order chi connectivity index (χ0) is 21.0. The quantitative estimate of drug-likeness (QED) is 0.713. The molecule has 1 aromatic rings. The summed E-state index contributed by atoms with van der Waals surface area (Å²) in [5.41, 5.74) is 1.57. The molecular formula is C20H29N3O5S. The van der Waals surface area contributed by atoms with Crippen molar-refractivity contribution in [1.29, 1.82) is 0 Å². The maximum absolute atomic E-state index is 12.7. The molecule has 2 heterocycles. The summed E-state index contributed by atoms with van der Waals surface area (Å²) in [6.45, 7) is 6.46. The van der Waals surface area contributed by atoms with Crippen molar-refractivity contribution in [2.24, 2.45) is 0 Å². The van der Waals surface area contributed by atoms with Crippen molar-refractivity contribution in [2.75, 3.05) is 37.7 Å². The third-order valence-electron chi connectivity index (χ3n) is 5.44. The molecule has 0 saturated carbocycles. The van der Waals surface area contributed by atoms with Crippen molar-refractivity contribution in [3.05, 3.63) is 23.8 Å². The van der Waals surface area contributed by atoms with Gasteiger partial charge in [0.2, 0.25) is 21.8 Å². The van der Waals surface area contributed by atoms with Crippen LogP contribution >= 0.6 is 0 Å². The van der Waals surface area contributed by atoms with E-state index in [1.54, 1.807) is 21.9 Å². The summed E-state index contributed by atoms with van der Waals surface area (Å²) in [5, 5.41) is 0. The summed E-state index contributed by atoms with van der Waals surface area (Å²) < 4.78 is 32.9. The highest BCUT2D eigenvalue weighted by Crippen LogP contribution is 2.31. The highest BCUT2D eigenvalue weighted by Gasteiger charge is 2.28. The van der Waals surface area contributed by atoms with Crippen molar-refractivity contribution in [2.45, 2.75) is 50.5 Å². The molecular weight excluding hydrogens is 394 g/mol. The largest absolute Gasteiger partial charge is 0.378 e. The maximum atomic E-state index is 12.7. The zero-order valence-electron chi connectivity index (χ0n) is 17.0. The predicted molar refractivity (Wildman–Crippen MR) is 109 cm³/mol. The molecule has 0 aliphatic carbocycles. The third-order valence-corrected chi connectivity index (χ3v) is 7.03. The van der Waals surface area contributed by atoms with E-state index in [0.717, 1.165) is 11.3 Å². The highest BCUT2D eigenvalue weighted by molar-refractivity contribution is 7.89. The Labute approximate surface area is 172 Å². The Morgan fingerprint density at radius 3 is 2.52 bits per heavy atom. The van der Waals surface area contributed by atoms with Crippen molar-refractivity contribution in [1.82, 2.24) is 9.62 Å². The van der Waals surface area contributed by atoms with Crippen LogP contribution in [0, 0.1) is 0 Å². The van der Waals surface area contributed by atoms with E-state index in [9.17, 15) is 18.0 Å². The Kier molecular flexibility index (Phi) is 6.92. The van der Waals surface area contributed by atoms with Crippen LogP contribution in [0.25, 0.3) is 0 Å². The molecule has 3 rings (SSSR count). The molecule has 2 amide bonds. The molecule has 29 heavy (non-hydrogen) atoms. The first-order chi connectivity index (χ1) is 13.8. The molecule has 0 aromatic heterocycles. The number of anilines is 1. The van der Waals surface area contributed by atoms with Crippen LogP contribution in [0.5, 0.6) is 0 Å². The lowest BCUT2D eigenvalue weighted by Crippen LogP contribution is -2.41. The number of sulfonamides is 1. The molecule has 1 aromatic carbocycles. The first kappa shape index (κ1) is 21.7. The minimum atomic E-state index is -3.58. The number of morpholine rings is 1. The number of nitrogens with one attached hydrogen (secondary N) is 1. The molecule has 160 valence electrons. The smallest absolute Gasteiger partial charge is 0.240 e. The van der Waals surface area contributed by atoms with Gasteiger partial charge in [0.15, 0.2) is 0 Å². The molecule has 1 N–H and O–H groups in total. The molecule has 0 bridgehead atoms. The molecule has 8 nitrogen and oxygen atoms in total. The van der Waals surface area contributed by atoms with Gasteiger partial charge in [0, 0.05) is 44.2 Å². The van der Waals surface area contributed by atoms with Gasteiger partial charge in [0.1, 0.15) is 0 Å². The summed E-state index contributed by atoms with van der Waals surface area (Å²) >= 11 is 0. The van der Waals surface area contributed by atoms with Crippen LogP contribution in [0.2, 0.25) is 0 Å². The Balaban J connectivity index is 1.63. The molecule has 1 fully saturated rings. The van der Waals surface area contributed by atoms with E-state index >= 15 is 0 Å². The van der Waals surface area contributed by atoms with E-state index in [2.05, 4.69) is 4.72 Å². The summed E-state index contributed by atoms with van der Waals surface area (Å²) in [5.74, 6) is -0.141. The van der Waals surface area contributed by atoms with E-state index in [1.807, 2.05) is 13.8 Å². The number of carbonyl (C=O) groups is 2. The van der Waals surface area contributed by atoms with Crippen molar-refractivity contribution < 1.29 is 22.7 Å². The maximum Gasteiger partial charge on any atom is 0.240 e. The van der Waals surface area contributed by atoms with Gasteiger partial charge < -0.3 is 14.5 Å². The van der Waals surface area contributed by atoms with Crippen LogP contribution in [0.3, 0.4) is 0 Å². The lowest BCUT2D eigenvalue weighted by Gasteiger charge is -2.27. The molecule has 2 aliphatic rings. The first-order valence-corrected chi connectivity index (χ1v) is 11.6. The first-order valence-electron chi connectivity index (χ1n) is 10.1. The fourth-order valence-electron chi connectivity index (χ4n) is 3.54. The Morgan fingerprint density at radius 1 is 1.14 bits per heavy atom. The van der Waals surface area contributed by atoms with E-state index < -0.39 is 10.0 Å². The number of rotatable bonds is 7. The topological polar surface area (TPSA) is 96.0 Å². The fraction of sp³-hybridized carbons (Fsp3) is 0.600. The zero-order valence-corrected chi connectivity index (χ0v) is 17.8. The number of amides is 2. The minimum absolute atomic E-state index is 0.0290. The molecule has 9 heteroatoms. The van der Waals surface area contributed by atoms with Gasteiger partial charge in [-0.2, -0.15) is 0 Å². The number of benzene rings is 1. The number of hydrogen-bond acceptors (Lipinski definition) is 5. The molecule has 1 saturated heterocycles. The highest BCUT2D eigenvalue weighted by atomic mass is 32.2. The van der Waals surface area contributed by atoms with E-state index in [0.29, 0.717) is 45.7 Å². The van der Waals surface area contributed by atoms with Gasteiger partial charge in [-0.1, -0.05) is 6.92 Å². The molecule has 2 aliphatic heterocycles. The average molecular weight is 424 g/mol. The van der Waals surface area contributed by atoms with Gasteiger partial charge in [-0.15, -0.1) is 0 Å². The lowest BCUT2D eigenvalue weighted by molar-refractivity contribution is -0.136. The van der Waals surface area contributed by atoms with E-state index in [4.69, 9.17) is 4.74 Å². The number of nitrogens with zero attached hydrogens (tertiary/aromatic N) is 2. The standard InChI is InChI=1S/C20H29N3O5S/c1-3-15(2)21-29(26,27)17-4-5-18-16(14-17)8-9-23(18)20(25)7-6-19(24)22-10-12-28-13-11-22/h4-5,14-15,21H,3,6-13H2,1-2H3/t15-/m1/s1. The monoisotopic (exact) mass is 423 g/mol. The van der Waals surface area contributed by atoms with Crippen LogP contribution < -0.4 is 9.62 Å².